The Bertz CT molecular complexity index is 846. The van der Waals surface area contributed by atoms with Crippen LogP contribution in [0.1, 0.15) is 31.0 Å². The number of piperazine rings is 1. The van der Waals surface area contributed by atoms with Gasteiger partial charge in [0.1, 0.15) is 6.04 Å². The zero-order valence-electron chi connectivity index (χ0n) is 17.9. The molecule has 1 saturated heterocycles. The highest BCUT2D eigenvalue weighted by Crippen LogP contribution is 2.33. The standard InChI is InChI=1S/C24H31N3O3/c1-3-26(4-2)24(28)23(20-8-6-5-7-9-20)27-14-12-25(13-15-27)17-19-10-11-21-22(16-19)30-18-29-21/h5-11,16,23H,3-4,12-15,17-18H2,1-2H3. The van der Waals surface area contributed by atoms with E-state index in [1.54, 1.807) is 0 Å². The minimum Gasteiger partial charge on any atom is -0.454 e. The van der Waals surface area contributed by atoms with E-state index in [1.807, 2.05) is 43.0 Å². The van der Waals surface area contributed by atoms with Crippen molar-refractivity contribution >= 4 is 5.91 Å². The molecule has 160 valence electrons. The van der Waals surface area contributed by atoms with Crippen LogP contribution in [-0.2, 0) is 11.3 Å². The van der Waals surface area contributed by atoms with Gasteiger partial charge in [-0.1, -0.05) is 36.4 Å². The third-order valence-corrected chi connectivity index (χ3v) is 6.04. The molecule has 2 heterocycles. The van der Waals surface area contributed by atoms with Gasteiger partial charge in [-0.2, -0.15) is 0 Å². The SMILES string of the molecule is CCN(CC)C(=O)C(c1ccccc1)N1CCN(Cc2ccc3c(c2)OCO3)CC1. The first-order chi connectivity index (χ1) is 14.7. The van der Waals surface area contributed by atoms with Crippen LogP contribution in [-0.4, -0.2) is 66.7 Å². The molecule has 0 aliphatic carbocycles. The minimum atomic E-state index is -0.209. The van der Waals surface area contributed by atoms with Gasteiger partial charge >= 0.3 is 0 Å². The Hall–Kier alpha value is -2.57. The fourth-order valence-electron chi connectivity index (χ4n) is 4.33. The summed E-state index contributed by atoms with van der Waals surface area (Å²) in [6, 6.07) is 16.2. The summed E-state index contributed by atoms with van der Waals surface area (Å²) in [5.74, 6) is 1.86. The number of amides is 1. The average Bonchev–Trinajstić information content (AvgIpc) is 3.25. The summed E-state index contributed by atoms with van der Waals surface area (Å²) in [6.07, 6.45) is 0. The lowest BCUT2D eigenvalue weighted by Gasteiger charge is -2.40. The molecule has 1 amide bonds. The Kier molecular flexibility index (Phi) is 6.55. The second-order valence-electron chi connectivity index (χ2n) is 7.82. The van der Waals surface area contributed by atoms with Crippen molar-refractivity contribution in [3.63, 3.8) is 0 Å². The third kappa shape index (κ3) is 4.45. The second kappa shape index (κ2) is 9.49. The topological polar surface area (TPSA) is 45.3 Å². The number of carbonyl (C=O) groups is 1. The number of fused-ring (bicyclic) bond motifs is 1. The fraction of sp³-hybridized carbons (Fsp3) is 0.458. The molecule has 1 atom stereocenters. The monoisotopic (exact) mass is 409 g/mol. The molecule has 6 nitrogen and oxygen atoms in total. The summed E-state index contributed by atoms with van der Waals surface area (Å²) in [5.41, 5.74) is 2.31. The lowest BCUT2D eigenvalue weighted by Crippen LogP contribution is -2.51. The molecule has 0 aromatic heterocycles. The summed E-state index contributed by atoms with van der Waals surface area (Å²) in [4.78, 5) is 20.1. The number of ether oxygens (including phenoxy) is 2. The molecule has 2 aliphatic rings. The minimum absolute atomic E-state index is 0.204. The predicted molar refractivity (Wildman–Crippen MR) is 117 cm³/mol. The number of likely N-dealkylation sites (N-methyl/N-ethyl adjacent to an activating group) is 1. The van der Waals surface area contributed by atoms with E-state index in [-0.39, 0.29) is 11.9 Å². The maximum atomic E-state index is 13.3. The number of carbonyl (C=O) groups excluding carboxylic acids is 1. The van der Waals surface area contributed by atoms with Gasteiger partial charge in [-0.05, 0) is 37.1 Å². The molecule has 0 bridgehead atoms. The van der Waals surface area contributed by atoms with Crippen LogP contribution in [0.3, 0.4) is 0 Å². The van der Waals surface area contributed by atoms with E-state index >= 15 is 0 Å². The van der Waals surface area contributed by atoms with Crippen molar-refractivity contribution in [3.05, 3.63) is 59.7 Å². The van der Waals surface area contributed by atoms with Gasteiger partial charge in [0.2, 0.25) is 12.7 Å². The molecule has 0 radical (unpaired) electrons. The van der Waals surface area contributed by atoms with Crippen LogP contribution in [0.2, 0.25) is 0 Å². The number of hydrogen-bond donors (Lipinski definition) is 0. The highest BCUT2D eigenvalue weighted by atomic mass is 16.7. The lowest BCUT2D eigenvalue weighted by atomic mass is 10.0. The highest BCUT2D eigenvalue weighted by Gasteiger charge is 2.32. The molecule has 30 heavy (non-hydrogen) atoms. The third-order valence-electron chi connectivity index (χ3n) is 6.04. The molecule has 2 aromatic carbocycles. The van der Waals surface area contributed by atoms with Crippen LogP contribution in [0, 0.1) is 0 Å². The van der Waals surface area contributed by atoms with Gasteiger partial charge in [-0.15, -0.1) is 0 Å². The number of nitrogens with zero attached hydrogens (tertiary/aromatic N) is 3. The highest BCUT2D eigenvalue weighted by molar-refractivity contribution is 5.83. The Morgan fingerprint density at radius 3 is 2.37 bits per heavy atom. The number of hydrogen-bond acceptors (Lipinski definition) is 5. The van der Waals surface area contributed by atoms with E-state index in [9.17, 15) is 4.79 Å². The van der Waals surface area contributed by atoms with E-state index in [1.165, 1.54) is 5.56 Å². The summed E-state index contributed by atoms with van der Waals surface area (Å²) >= 11 is 0. The van der Waals surface area contributed by atoms with Crippen molar-refractivity contribution in [3.8, 4) is 11.5 Å². The van der Waals surface area contributed by atoms with Gasteiger partial charge < -0.3 is 14.4 Å². The Balaban J connectivity index is 1.43. The van der Waals surface area contributed by atoms with Crippen molar-refractivity contribution < 1.29 is 14.3 Å². The largest absolute Gasteiger partial charge is 0.454 e. The van der Waals surface area contributed by atoms with Crippen molar-refractivity contribution in [2.24, 2.45) is 0 Å². The normalized spacial score (nSPS) is 17.7. The molecule has 4 rings (SSSR count). The van der Waals surface area contributed by atoms with Crippen molar-refractivity contribution in [1.82, 2.24) is 14.7 Å². The molecule has 6 heteroatoms. The molecule has 0 spiro atoms. The molecule has 2 aromatic rings. The summed E-state index contributed by atoms with van der Waals surface area (Å²) < 4.78 is 10.9. The van der Waals surface area contributed by atoms with Gasteiger partial charge in [0.25, 0.3) is 0 Å². The van der Waals surface area contributed by atoms with Crippen LogP contribution in [0.5, 0.6) is 11.5 Å². The molecule has 1 unspecified atom stereocenters. The fourth-order valence-corrected chi connectivity index (χ4v) is 4.33. The predicted octanol–water partition coefficient (Wildman–Crippen LogP) is 3.14. The van der Waals surface area contributed by atoms with Crippen LogP contribution in [0.15, 0.2) is 48.5 Å². The van der Waals surface area contributed by atoms with E-state index in [0.29, 0.717) is 6.79 Å². The van der Waals surface area contributed by atoms with Gasteiger partial charge in [-0.3, -0.25) is 14.6 Å². The summed E-state index contributed by atoms with van der Waals surface area (Å²) in [7, 11) is 0. The first kappa shape index (κ1) is 20.7. The first-order valence-corrected chi connectivity index (χ1v) is 10.9. The average molecular weight is 410 g/mol. The molecule has 2 aliphatic heterocycles. The molecular formula is C24H31N3O3. The van der Waals surface area contributed by atoms with Gasteiger partial charge in [0.05, 0.1) is 0 Å². The Labute approximate surface area is 179 Å². The Morgan fingerprint density at radius 1 is 0.967 bits per heavy atom. The Morgan fingerprint density at radius 2 is 1.67 bits per heavy atom. The second-order valence-corrected chi connectivity index (χ2v) is 7.82. The maximum absolute atomic E-state index is 13.3. The zero-order chi connectivity index (χ0) is 20.9. The van der Waals surface area contributed by atoms with Crippen LogP contribution in [0.25, 0.3) is 0 Å². The summed E-state index contributed by atoms with van der Waals surface area (Å²) in [6.45, 7) is 10.4. The van der Waals surface area contributed by atoms with Crippen molar-refractivity contribution in [1.29, 1.82) is 0 Å². The maximum Gasteiger partial charge on any atom is 0.244 e. The van der Waals surface area contributed by atoms with Gasteiger partial charge in [0.15, 0.2) is 11.5 Å². The van der Waals surface area contributed by atoms with Crippen LogP contribution >= 0.6 is 0 Å². The molecule has 1 fully saturated rings. The molecular weight excluding hydrogens is 378 g/mol. The molecule has 0 saturated carbocycles. The van der Waals surface area contributed by atoms with Gasteiger partial charge in [0, 0.05) is 45.8 Å². The smallest absolute Gasteiger partial charge is 0.244 e. The zero-order valence-corrected chi connectivity index (χ0v) is 17.9. The van der Waals surface area contributed by atoms with Crippen molar-refractivity contribution in [2.75, 3.05) is 46.1 Å². The van der Waals surface area contributed by atoms with E-state index in [0.717, 1.165) is 62.9 Å². The van der Waals surface area contributed by atoms with E-state index < -0.39 is 0 Å². The first-order valence-electron chi connectivity index (χ1n) is 10.9. The quantitative estimate of drug-likeness (QED) is 0.703. The lowest BCUT2D eigenvalue weighted by molar-refractivity contribution is -0.137. The summed E-state index contributed by atoms with van der Waals surface area (Å²) in [5, 5.41) is 0. The van der Waals surface area contributed by atoms with Gasteiger partial charge in [-0.25, -0.2) is 0 Å². The van der Waals surface area contributed by atoms with Crippen molar-refractivity contribution in [2.45, 2.75) is 26.4 Å². The van der Waals surface area contributed by atoms with E-state index in [2.05, 4.69) is 34.1 Å². The van der Waals surface area contributed by atoms with Crippen LogP contribution in [0.4, 0.5) is 0 Å². The molecule has 0 N–H and O–H groups in total. The number of benzene rings is 2. The van der Waals surface area contributed by atoms with E-state index in [4.69, 9.17) is 9.47 Å². The van der Waals surface area contributed by atoms with Crippen LogP contribution < -0.4 is 9.47 Å². The number of rotatable bonds is 7.